The van der Waals surface area contributed by atoms with E-state index in [2.05, 4.69) is 5.32 Å². The van der Waals surface area contributed by atoms with E-state index >= 15 is 0 Å². The van der Waals surface area contributed by atoms with Gasteiger partial charge in [-0.05, 0) is 44.0 Å². The maximum Gasteiger partial charge on any atom is 0.242 e. The van der Waals surface area contributed by atoms with Crippen molar-refractivity contribution in [3.63, 3.8) is 0 Å². The molecule has 0 fully saturated rings. The van der Waals surface area contributed by atoms with Gasteiger partial charge in [0.2, 0.25) is 5.91 Å². The Balaban J connectivity index is 2.11. The summed E-state index contributed by atoms with van der Waals surface area (Å²) in [4.78, 5) is 12.2. The average molecular weight is 331 g/mol. The van der Waals surface area contributed by atoms with Gasteiger partial charge in [-0.25, -0.2) is 8.42 Å². The highest BCUT2D eigenvalue weighted by atomic mass is 32.2. The number of sulfone groups is 1. The molecule has 0 aliphatic carbocycles. The highest BCUT2D eigenvalue weighted by molar-refractivity contribution is 7.92. The fourth-order valence-corrected chi connectivity index (χ4v) is 3.55. The summed E-state index contributed by atoms with van der Waals surface area (Å²) in [5, 5.41) is 1.55. The second-order valence-corrected chi connectivity index (χ2v) is 8.05. The number of hydrogen-bond donors (Lipinski definition) is 1. The summed E-state index contributed by atoms with van der Waals surface area (Å²) in [6.45, 7) is 5.24. The van der Waals surface area contributed by atoms with E-state index in [0.717, 1.165) is 16.7 Å². The molecule has 0 aromatic heterocycles. The van der Waals surface area contributed by atoms with Crippen molar-refractivity contribution in [2.75, 3.05) is 5.32 Å². The second-order valence-electron chi connectivity index (χ2n) is 5.73. The predicted molar refractivity (Wildman–Crippen MR) is 93.1 cm³/mol. The Morgan fingerprint density at radius 2 is 1.65 bits per heavy atom. The lowest BCUT2D eigenvalue weighted by Crippen LogP contribution is -2.33. The highest BCUT2D eigenvalue weighted by Crippen LogP contribution is 2.17. The van der Waals surface area contributed by atoms with Crippen LogP contribution in [0.15, 0.2) is 48.5 Å². The Kier molecular flexibility index (Phi) is 5.21. The zero-order valence-corrected chi connectivity index (χ0v) is 14.4. The third-order valence-corrected chi connectivity index (χ3v) is 5.85. The SMILES string of the molecule is Cc1ccc(NC(=O)C(C)S(=O)(=O)Cc2ccccc2C)cc1. The van der Waals surface area contributed by atoms with Crippen LogP contribution in [0, 0.1) is 13.8 Å². The number of carbonyl (C=O) groups is 1. The first-order valence-corrected chi connectivity index (χ1v) is 9.15. The first kappa shape index (κ1) is 17.2. The molecule has 1 N–H and O–H groups in total. The molecular formula is C18H21NO3S. The van der Waals surface area contributed by atoms with E-state index < -0.39 is 21.0 Å². The minimum absolute atomic E-state index is 0.137. The molecule has 0 heterocycles. The molecule has 23 heavy (non-hydrogen) atoms. The van der Waals surface area contributed by atoms with Gasteiger partial charge in [0.25, 0.3) is 0 Å². The van der Waals surface area contributed by atoms with Crippen molar-refractivity contribution < 1.29 is 13.2 Å². The van der Waals surface area contributed by atoms with Crippen molar-refractivity contribution in [1.82, 2.24) is 0 Å². The first-order chi connectivity index (χ1) is 10.8. The molecule has 2 aromatic rings. The Hall–Kier alpha value is -2.14. The number of anilines is 1. The van der Waals surface area contributed by atoms with Crippen molar-refractivity contribution in [1.29, 1.82) is 0 Å². The number of amides is 1. The van der Waals surface area contributed by atoms with Gasteiger partial charge in [0.1, 0.15) is 5.25 Å². The van der Waals surface area contributed by atoms with Crippen molar-refractivity contribution >= 4 is 21.4 Å². The molecule has 2 rings (SSSR count). The maximum absolute atomic E-state index is 12.5. The van der Waals surface area contributed by atoms with E-state index in [1.165, 1.54) is 6.92 Å². The van der Waals surface area contributed by atoms with Gasteiger partial charge >= 0.3 is 0 Å². The van der Waals surface area contributed by atoms with E-state index in [4.69, 9.17) is 0 Å². The molecule has 0 saturated heterocycles. The van der Waals surface area contributed by atoms with Crippen molar-refractivity contribution in [3.05, 3.63) is 65.2 Å². The number of nitrogens with one attached hydrogen (secondary N) is 1. The topological polar surface area (TPSA) is 63.2 Å². The zero-order valence-electron chi connectivity index (χ0n) is 13.5. The summed E-state index contributed by atoms with van der Waals surface area (Å²) in [6, 6.07) is 14.5. The van der Waals surface area contributed by atoms with Crippen molar-refractivity contribution in [3.8, 4) is 0 Å². The lowest BCUT2D eigenvalue weighted by Gasteiger charge is -2.14. The summed E-state index contributed by atoms with van der Waals surface area (Å²) in [5.74, 6) is -0.648. The van der Waals surface area contributed by atoms with Gasteiger partial charge < -0.3 is 5.32 Å². The first-order valence-electron chi connectivity index (χ1n) is 7.43. The van der Waals surface area contributed by atoms with Gasteiger partial charge in [-0.15, -0.1) is 0 Å². The lowest BCUT2D eigenvalue weighted by atomic mass is 10.1. The van der Waals surface area contributed by atoms with Crippen LogP contribution in [-0.2, 0) is 20.4 Å². The fourth-order valence-electron chi connectivity index (χ4n) is 2.16. The lowest BCUT2D eigenvalue weighted by molar-refractivity contribution is -0.115. The molecule has 4 nitrogen and oxygen atoms in total. The smallest absolute Gasteiger partial charge is 0.242 e. The largest absolute Gasteiger partial charge is 0.325 e. The van der Waals surface area contributed by atoms with E-state index in [1.54, 1.807) is 24.3 Å². The molecule has 0 aliphatic rings. The summed E-state index contributed by atoms with van der Waals surface area (Å²) < 4.78 is 25.0. The quantitative estimate of drug-likeness (QED) is 0.915. The van der Waals surface area contributed by atoms with Crippen LogP contribution in [0.1, 0.15) is 23.6 Å². The number of carbonyl (C=O) groups excluding carboxylic acids is 1. The molecule has 0 spiro atoms. The molecule has 0 bridgehead atoms. The summed E-state index contributed by atoms with van der Waals surface area (Å²) in [5.41, 5.74) is 3.30. The van der Waals surface area contributed by atoms with Gasteiger partial charge in [-0.3, -0.25) is 4.79 Å². The van der Waals surface area contributed by atoms with Crippen LogP contribution >= 0.6 is 0 Å². The average Bonchev–Trinajstić information content (AvgIpc) is 2.51. The third-order valence-electron chi connectivity index (χ3n) is 3.84. The molecular weight excluding hydrogens is 310 g/mol. The van der Waals surface area contributed by atoms with Crippen LogP contribution in [0.25, 0.3) is 0 Å². The second kappa shape index (κ2) is 6.96. The summed E-state index contributed by atoms with van der Waals surface area (Å²) in [7, 11) is -3.58. The number of aryl methyl sites for hydroxylation is 2. The Morgan fingerprint density at radius 1 is 1.04 bits per heavy atom. The fraction of sp³-hybridized carbons (Fsp3) is 0.278. The summed E-state index contributed by atoms with van der Waals surface area (Å²) in [6.07, 6.45) is 0. The van der Waals surface area contributed by atoms with Gasteiger partial charge in [-0.2, -0.15) is 0 Å². The van der Waals surface area contributed by atoms with E-state index in [9.17, 15) is 13.2 Å². The molecule has 2 aromatic carbocycles. The van der Waals surface area contributed by atoms with Crippen LogP contribution in [0.5, 0.6) is 0 Å². The molecule has 1 unspecified atom stereocenters. The van der Waals surface area contributed by atoms with Crippen molar-refractivity contribution in [2.24, 2.45) is 0 Å². The van der Waals surface area contributed by atoms with Crippen molar-refractivity contribution in [2.45, 2.75) is 31.8 Å². The highest BCUT2D eigenvalue weighted by Gasteiger charge is 2.28. The number of hydrogen-bond acceptors (Lipinski definition) is 3. The van der Waals surface area contributed by atoms with Gasteiger partial charge in [0.15, 0.2) is 9.84 Å². The van der Waals surface area contributed by atoms with E-state index in [0.29, 0.717) is 5.69 Å². The number of benzene rings is 2. The molecule has 0 radical (unpaired) electrons. The molecule has 5 heteroatoms. The Bertz CT molecular complexity index is 795. The zero-order chi connectivity index (χ0) is 17.0. The minimum Gasteiger partial charge on any atom is -0.325 e. The molecule has 0 saturated carbocycles. The number of rotatable bonds is 5. The van der Waals surface area contributed by atoms with Crippen LogP contribution in [0.4, 0.5) is 5.69 Å². The predicted octanol–water partition coefficient (Wildman–Crippen LogP) is 3.25. The third kappa shape index (κ3) is 4.42. The molecule has 1 atom stereocenters. The van der Waals surface area contributed by atoms with E-state index in [1.807, 2.05) is 38.1 Å². The minimum atomic E-state index is -3.58. The molecule has 122 valence electrons. The monoisotopic (exact) mass is 331 g/mol. The van der Waals surface area contributed by atoms with Crippen LogP contribution in [0.3, 0.4) is 0 Å². The molecule has 0 aliphatic heterocycles. The van der Waals surface area contributed by atoms with E-state index in [-0.39, 0.29) is 5.75 Å². The van der Waals surface area contributed by atoms with Gasteiger partial charge in [0, 0.05) is 5.69 Å². The van der Waals surface area contributed by atoms with Crippen LogP contribution < -0.4 is 5.32 Å². The molecule has 1 amide bonds. The maximum atomic E-state index is 12.5. The summed E-state index contributed by atoms with van der Waals surface area (Å²) >= 11 is 0. The Labute approximate surface area is 137 Å². The van der Waals surface area contributed by atoms with Crippen LogP contribution in [-0.4, -0.2) is 19.6 Å². The van der Waals surface area contributed by atoms with Gasteiger partial charge in [-0.1, -0.05) is 42.0 Å². The van der Waals surface area contributed by atoms with Gasteiger partial charge in [0.05, 0.1) is 5.75 Å². The standard InChI is InChI=1S/C18H21NO3S/c1-13-8-10-17(11-9-13)19-18(20)15(3)23(21,22)12-16-7-5-4-6-14(16)2/h4-11,15H,12H2,1-3H3,(H,19,20). The van der Waals surface area contributed by atoms with Crippen LogP contribution in [0.2, 0.25) is 0 Å². The normalized spacial score (nSPS) is 12.7. The Morgan fingerprint density at radius 3 is 2.26 bits per heavy atom.